The van der Waals surface area contributed by atoms with Crippen molar-refractivity contribution in [2.24, 2.45) is 0 Å². The molecule has 4 rings (SSSR count). The molecule has 1 N–H and O–H groups in total. The highest BCUT2D eigenvalue weighted by Gasteiger charge is 2.20. The van der Waals surface area contributed by atoms with Gasteiger partial charge in [0, 0.05) is 25.8 Å². The molecule has 0 bridgehead atoms. The highest BCUT2D eigenvalue weighted by Crippen LogP contribution is 2.23. The van der Waals surface area contributed by atoms with E-state index in [1.807, 2.05) is 24.3 Å². The maximum atomic E-state index is 13.2. The summed E-state index contributed by atoms with van der Waals surface area (Å²) in [6.07, 6.45) is 1.59. The molecule has 7 heteroatoms. The number of rotatable bonds is 4. The van der Waals surface area contributed by atoms with E-state index >= 15 is 0 Å². The minimum atomic E-state index is -0.335. The van der Waals surface area contributed by atoms with Crippen molar-refractivity contribution < 1.29 is 13.9 Å². The average Bonchev–Trinajstić information content (AvgIpc) is 3.24. The Labute approximate surface area is 162 Å². The van der Waals surface area contributed by atoms with Crippen molar-refractivity contribution in [2.45, 2.75) is 6.10 Å². The summed E-state index contributed by atoms with van der Waals surface area (Å²) in [4.78, 5) is 14.6. The van der Waals surface area contributed by atoms with Crippen LogP contribution in [0.2, 0.25) is 0 Å². The van der Waals surface area contributed by atoms with E-state index in [0.717, 1.165) is 24.3 Å². The van der Waals surface area contributed by atoms with E-state index in [9.17, 15) is 9.18 Å². The fourth-order valence-electron chi connectivity index (χ4n) is 3.23. The zero-order valence-corrected chi connectivity index (χ0v) is 15.5. The Morgan fingerprint density at radius 1 is 1.18 bits per heavy atom. The van der Waals surface area contributed by atoms with Crippen LogP contribution in [0.4, 0.5) is 10.1 Å². The van der Waals surface area contributed by atoms with Gasteiger partial charge in [0.25, 0.3) is 5.91 Å². The molecule has 1 unspecified atom stereocenters. The molecule has 1 saturated heterocycles. The van der Waals surface area contributed by atoms with E-state index in [1.54, 1.807) is 36.3 Å². The van der Waals surface area contributed by atoms with Gasteiger partial charge in [0.15, 0.2) is 0 Å². The number of nitrogens with zero attached hydrogens (tertiary/aromatic N) is 3. The molecule has 3 aromatic rings. The van der Waals surface area contributed by atoms with Crippen molar-refractivity contribution in [3.8, 4) is 5.69 Å². The summed E-state index contributed by atoms with van der Waals surface area (Å²) in [5.74, 6) is -0.539. The van der Waals surface area contributed by atoms with Gasteiger partial charge in [0.05, 0.1) is 24.6 Å². The van der Waals surface area contributed by atoms with Crippen molar-refractivity contribution in [3.05, 3.63) is 77.9 Å². The number of hydrogen-bond donors (Lipinski definition) is 1. The molecule has 1 aliphatic rings. The van der Waals surface area contributed by atoms with Crippen LogP contribution < -0.4 is 10.2 Å². The number of halogens is 1. The Hall–Kier alpha value is -3.03. The average molecular weight is 380 g/mol. The molecule has 1 fully saturated rings. The van der Waals surface area contributed by atoms with Gasteiger partial charge < -0.3 is 15.0 Å². The number of amides is 1. The number of anilines is 1. The van der Waals surface area contributed by atoms with Gasteiger partial charge in [0.2, 0.25) is 0 Å². The van der Waals surface area contributed by atoms with Gasteiger partial charge in [-0.05, 0) is 48.0 Å². The van der Waals surface area contributed by atoms with Gasteiger partial charge in [0.1, 0.15) is 11.5 Å². The van der Waals surface area contributed by atoms with Crippen molar-refractivity contribution in [2.75, 3.05) is 31.6 Å². The quantitative estimate of drug-likeness (QED) is 0.756. The first-order valence-corrected chi connectivity index (χ1v) is 9.14. The fraction of sp³-hybridized carbons (Fsp3) is 0.238. The SMILES string of the molecule is CN(C(=O)c1ccnn1-c1ccc(F)cc1)c1ccc(C2CNCCO2)cc1. The van der Waals surface area contributed by atoms with Crippen LogP contribution in [-0.4, -0.2) is 42.4 Å². The van der Waals surface area contributed by atoms with Crippen LogP contribution in [-0.2, 0) is 4.74 Å². The van der Waals surface area contributed by atoms with Crippen molar-refractivity contribution in [1.29, 1.82) is 0 Å². The molecule has 1 aromatic heterocycles. The molecule has 0 aliphatic carbocycles. The monoisotopic (exact) mass is 380 g/mol. The van der Waals surface area contributed by atoms with E-state index in [1.165, 1.54) is 16.8 Å². The molecule has 1 atom stereocenters. The molecule has 1 amide bonds. The predicted molar refractivity (Wildman–Crippen MR) is 104 cm³/mol. The van der Waals surface area contributed by atoms with E-state index in [0.29, 0.717) is 18.0 Å². The second-order valence-corrected chi connectivity index (χ2v) is 6.62. The lowest BCUT2D eigenvalue weighted by molar-refractivity contribution is 0.0277. The first-order valence-electron chi connectivity index (χ1n) is 9.14. The number of hydrogen-bond acceptors (Lipinski definition) is 4. The van der Waals surface area contributed by atoms with Crippen LogP contribution in [0.5, 0.6) is 0 Å². The molecular formula is C21H21FN4O2. The fourth-order valence-corrected chi connectivity index (χ4v) is 3.23. The van der Waals surface area contributed by atoms with E-state index in [-0.39, 0.29) is 17.8 Å². The highest BCUT2D eigenvalue weighted by molar-refractivity contribution is 6.04. The Balaban J connectivity index is 1.54. The molecule has 144 valence electrons. The lowest BCUT2D eigenvalue weighted by Crippen LogP contribution is -2.33. The first kappa shape index (κ1) is 18.3. The second-order valence-electron chi connectivity index (χ2n) is 6.62. The number of benzene rings is 2. The first-order chi connectivity index (χ1) is 13.6. The van der Waals surface area contributed by atoms with Gasteiger partial charge in [-0.15, -0.1) is 0 Å². The number of morpholine rings is 1. The summed E-state index contributed by atoms with van der Waals surface area (Å²) in [6, 6.07) is 15.3. The number of carbonyl (C=O) groups excluding carboxylic acids is 1. The zero-order chi connectivity index (χ0) is 19.5. The Kier molecular flexibility index (Phi) is 5.18. The van der Waals surface area contributed by atoms with Crippen molar-refractivity contribution in [3.63, 3.8) is 0 Å². The third-order valence-electron chi connectivity index (χ3n) is 4.82. The third kappa shape index (κ3) is 3.67. The standard InChI is InChI=1S/C21H21FN4O2/c1-25(17-6-2-15(3-7-17)20-14-23-12-13-28-20)21(27)19-10-11-24-26(19)18-8-4-16(22)5-9-18/h2-11,20,23H,12-14H2,1H3. The van der Waals surface area contributed by atoms with Crippen LogP contribution in [0.3, 0.4) is 0 Å². The van der Waals surface area contributed by atoms with Crippen molar-refractivity contribution in [1.82, 2.24) is 15.1 Å². The van der Waals surface area contributed by atoms with Crippen LogP contribution in [0, 0.1) is 5.82 Å². The molecule has 0 saturated carbocycles. The summed E-state index contributed by atoms with van der Waals surface area (Å²) < 4.78 is 20.5. The maximum absolute atomic E-state index is 13.2. The Morgan fingerprint density at radius 2 is 1.93 bits per heavy atom. The van der Waals surface area contributed by atoms with E-state index in [2.05, 4.69) is 10.4 Å². The van der Waals surface area contributed by atoms with Crippen molar-refractivity contribution >= 4 is 11.6 Å². The molecule has 6 nitrogen and oxygen atoms in total. The van der Waals surface area contributed by atoms with Gasteiger partial charge >= 0.3 is 0 Å². The smallest absolute Gasteiger partial charge is 0.276 e. The molecule has 1 aliphatic heterocycles. The Morgan fingerprint density at radius 3 is 2.61 bits per heavy atom. The Bertz CT molecular complexity index is 947. The van der Waals surface area contributed by atoms with E-state index < -0.39 is 0 Å². The molecular weight excluding hydrogens is 359 g/mol. The maximum Gasteiger partial charge on any atom is 0.276 e. The molecule has 2 heterocycles. The lowest BCUT2D eigenvalue weighted by Gasteiger charge is -2.24. The topological polar surface area (TPSA) is 59.4 Å². The van der Waals surface area contributed by atoms with Crippen LogP contribution in [0.25, 0.3) is 5.69 Å². The minimum absolute atomic E-state index is 0.0312. The highest BCUT2D eigenvalue weighted by atomic mass is 19.1. The van der Waals surface area contributed by atoms with Gasteiger partial charge in [-0.2, -0.15) is 5.10 Å². The van der Waals surface area contributed by atoms with Crippen LogP contribution >= 0.6 is 0 Å². The molecule has 0 radical (unpaired) electrons. The van der Waals surface area contributed by atoms with E-state index in [4.69, 9.17) is 4.74 Å². The summed E-state index contributed by atoms with van der Waals surface area (Å²) in [6.45, 7) is 2.34. The van der Waals surface area contributed by atoms with Crippen LogP contribution in [0.15, 0.2) is 60.8 Å². The molecule has 2 aromatic carbocycles. The van der Waals surface area contributed by atoms with Crippen LogP contribution in [0.1, 0.15) is 22.2 Å². The normalized spacial score (nSPS) is 16.7. The van der Waals surface area contributed by atoms with Gasteiger partial charge in [-0.25, -0.2) is 9.07 Å². The molecule has 0 spiro atoms. The summed E-state index contributed by atoms with van der Waals surface area (Å²) in [5.41, 5.74) is 2.87. The predicted octanol–water partition coefficient (Wildman–Crippen LogP) is 2.95. The van der Waals surface area contributed by atoms with Gasteiger partial charge in [-0.3, -0.25) is 4.79 Å². The number of carbonyl (C=O) groups is 1. The van der Waals surface area contributed by atoms with Gasteiger partial charge in [-0.1, -0.05) is 12.1 Å². The largest absolute Gasteiger partial charge is 0.371 e. The molecule has 28 heavy (non-hydrogen) atoms. The summed E-state index contributed by atoms with van der Waals surface area (Å²) >= 11 is 0. The lowest BCUT2D eigenvalue weighted by atomic mass is 10.1. The number of aromatic nitrogens is 2. The third-order valence-corrected chi connectivity index (χ3v) is 4.82. The number of ether oxygens (including phenoxy) is 1. The summed E-state index contributed by atoms with van der Waals surface area (Å²) in [7, 11) is 1.72. The minimum Gasteiger partial charge on any atom is -0.371 e. The summed E-state index contributed by atoms with van der Waals surface area (Å²) in [5, 5.41) is 7.52. The zero-order valence-electron chi connectivity index (χ0n) is 15.5. The number of nitrogens with one attached hydrogen (secondary N) is 1. The second kappa shape index (κ2) is 7.92.